The Morgan fingerprint density at radius 3 is 2.59 bits per heavy atom. The Morgan fingerprint density at radius 2 is 1.85 bits per heavy atom. The lowest BCUT2D eigenvalue weighted by Crippen LogP contribution is -2.36. The van der Waals surface area contributed by atoms with Crippen LogP contribution in [0.4, 0.5) is 0 Å². The van der Waals surface area contributed by atoms with E-state index in [-0.39, 0.29) is 17.9 Å². The second-order valence-electron chi connectivity index (χ2n) is 7.64. The number of carbonyl (C=O) groups excluding carboxylic acids is 1. The van der Waals surface area contributed by atoms with Gasteiger partial charge in [-0.1, -0.05) is 54.8 Å². The lowest BCUT2D eigenvalue weighted by atomic mass is 10.00. The van der Waals surface area contributed by atoms with Crippen molar-refractivity contribution in [1.29, 1.82) is 0 Å². The Labute approximate surface area is 166 Å². The summed E-state index contributed by atoms with van der Waals surface area (Å²) >= 11 is 6.36. The van der Waals surface area contributed by atoms with Gasteiger partial charge in [0.25, 0.3) is 0 Å². The van der Waals surface area contributed by atoms with Crippen LogP contribution < -0.4 is 4.74 Å². The zero-order valence-corrected chi connectivity index (χ0v) is 16.5. The highest BCUT2D eigenvalue weighted by atomic mass is 35.5. The lowest BCUT2D eigenvalue weighted by molar-refractivity contribution is -0.135. The maximum atomic E-state index is 13.4. The molecule has 1 heterocycles. The molecule has 4 rings (SSSR count). The molecule has 4 heteroatoms. The van der Waals surface area contributed by atoms with Crippen LogP contribution in [0.1, 0.15) is 55.2 Å². The van der Waals surface area contributed by atoms with E-state index in [0.29, 0.717) is 5.91 Å². The average molecular weight is 384 g/mol. The molecular formula is C23H26ClNO2. The van der Waals surface area contributed by atoms with Crippen molar-refractivity contribution in [2.75, 3.05) is 13.7 Å². The highest BCUT2D eigenvalue weighted by Gasteiger charge is 2.47. The molecule has 142 valence electrons. The van der Waals surface area contributed by atoms with Gasteiger partial charge in [0.1, 0.15) is 5.75 Å². The highest BCUT2D eigenvalue weighted by Crippen LogP contribution is 2.51. The second-order valence-corrected chi connectivity index (χ2v) is 8.05. The van der Waals surface area contributed by atoms with Gasteiger partial charge in [-0.25, -0.2) is 0 Å². The molecule has 0 radical (unpaired) electrons. The summed E-state index contributed by atoms with van der Waals surface area (Å²) in [6, 6.07) is 16.3. The molecule has 2 aliphatic rings. The molecule has 2 fully saturated rings. The molecule has 3 nitrogen and oxygen atoms in total. The van der Waals surface area contributed by atoms with Gasteiger partial charge in [0, 0.05) is 17.5 Å². The van der Waals surface area contributed by atoms with Gasteiger partial charge in [-0.15, -0.1) is 0 Å². The van der Waals surface area contributed by atoms with E-state index in [2.05, 4.69) is 23.1 Å². The topological polar surface area (TPSA) is 29.5 Å². The smallest absolute Gasteiger partial charge is 0.226 e. The third kappa shape index (κ3) is 3.84. The zero-order chi connectivity index (χ0) is 18.8. The summed E-state index contributed by atoms with van der Waals surface area (Å²) < 4.78 is 5.28. The minimum atomic E-state index is 0.0729. The van der Waals surface area contributed by atoms with Crippen molar-refractivity contribution in [3.05, 3.63) is 64.7 Å². The maximum absolute atomic E-state index is 13.4. The fourth-order valence-electron chi connectivity index (χ4n) is 4.35. The van der Waals surface area contributed by atoms with Crippen LogP contribution in [0, 0.1) is 5.92 Å². The molecule has 3 atom stereocenters. The van der Waals surface area contributed by atoms with Gasteiger partial charge in [-0.3, -0.25) is 4.79 Å². The number of methoxy groups -OCH3 is 1. The number of halogens is 1. The first-order valence-electron chi connectivity index (χ1n) is 9.88. The molecule has 0 aromatic heterocycles. The molecule has 1 aliphatic carbocycles. The number of nitrogens with zero attached hydrogens (tertiary/aromatic N) is 1. The first-order chi connectivity index (χ1) is 13.2. The van der Waals surface area contributed by atoms with Crippen LogP contribution in [0.3, 0.4) is 0 Å². The third-order valence-electron chi connectivity index (χ3n) is 5.95. The molecule has 27 heavy (non-hydrogen) atoms. The molecule has 0 bridgehead atoms. The monoisotopic (exact) mass is 383 g/mol. The minimum absolute atomic E-state index is 0.0729. The van der Waals surface area contributed by atoms with E-state index in [0.717, 1.165) is 42.1 Å². The molecule has 1 aliphatic heterocycles. The Kier molecular flexibility index (Phi) is 5.40. The van der Waals surface area contributed by atoms with Crippen LogP contribution in [0.5, 0.6) is 5.75 Å². The van der Waals surface area contributed by atoms with E-state index in [1.54, 1.807) is 7.11 Å². The Bertz CT molecular complexity index is 804. The fraction of sp³-hybridized carbons (Fsp3) is 0.435. The van der Waals surface area contributed by atoms with Crippen molar-refractivity contribution in [3.63, 3.8) is 0 Å². The Balaban J connectivity index is 1.54. The van der Waals surface area contributed by atoms with Crippen molar-refractivity contribution in [2.24, 2.45) is 5.92 Å². The number of hydrogen-bond acceptors (Lipinski definition) is 2. The predicted octanol–water partition coefficient (Wildman–Crippen LogP) is 5.60. The predicted molar refractivity (Wildman–Crippen MR) is 108 cm³/mol. The number of ether oxygens (including phenoxy) is 1. The lowest BCUT2D eigenvalue weighted by Gasteiger charge is -2.31. The summed E-state index contributed by atoms with van der Waals surface area (Å²) in [4.78, 5) is 15.5. The molecule has 2 aromatic carbocycles. The van der Waals surface area contributed by atoms with Crippen LogP contribution in [-0.4, -0.2) is 24.5 Å². The molecule has 1 amide bonds. The standard InChI is InChI=1S/C23H26ClNO2/c1-27-17-12-10-16(11-13-17)22-9-3-2-6-14-25(22)23(26)20-15-19(20)18-7-4-5-8-21(18)24/h4-5,7-8,10-13,19-20,22H,2-3,6,9,14-15H2,1H3. The zero-order valence-electron chi connectivity index (χ0n) is 15.7. The number of likely N-dealkylation sites (tertiary alicyclic amines) is 1. The van der Waals surface area contributed by atoms with Crippen LogP contribution in [-0.2, 0) is 4.79 Å². The molecule has 0 N–H and O–H groups in total. The highest BCUT2D eigenvalue weighted by molar-refractivity contribution is 6.31. The van der Waals surface area contributed by atoms with Crippen molar-refractivity contribution in [3.8, 4) is 5.75 Å². The fourth-order valence-corrected chi connectivity index (χ4v) is 4.62. The van der Waals surface area contributed by atoms with Gasteiger partial charge in [0.05, 0.1) is 13.2 Å². The van der Waals surface area contributed by atoms with Gasteiger partial charge in [0.15, 0.2) is 0 Å². The number of rotatable bonds is 4. The molecule has 1 saturated heterocycles. The summed E-state index contributed by atoms with van der Waals surface area (Å²) in [6.07, 6.45) is 5.38. The van der Waals surface area contributed by atoms with Crippen molar-refractivity contribution in [2.45, 2.75) is 44.1 Å². The first kappa shape index (κ1) is 18.4. The number of amides is 1. The van der Waals surface area contributed by atoms with E-state index in [9.17, 15) is 4.79 Å². The van der Waals surface area contributed by atoms with E-state index in [1.807, 2.05) is 30.3 Å². The van der Waals surface area contributed by atoms with Crippen LogP contribution in [0.25, 0.3) is 0 Å². The Hall–Kier alpha value is -2.00. The van der Waals surface area contributed by atoms with Gasteiger partial charge in [0.2, 0.25) is 5.91 Å². The molecule has 0 spiro atoms. The largest absolute Gasteiger partial charge is 0.497 e. The third-order valence-corrected chi connectivity index (χ3v) is 6.29. The van der Waals surface area contributed by atoms with Crippen molar-refractivity contribution >= 4 is 17.5 Å². The van der Waals surface area contributed by atoms with Crippen LogP contribution in [0.15, 0.2) is 48.5 Å². The first-order valence-corrected chi connectivity index (χ1v) is 10.3. The van der Waals surface area contributed by atoms with Gasteiger partial charge in [-0.2, -0.15) is 0 Å². The van der Waals surface area contributed by atoms with Crippen molar-refractivity contribution < 1.29 is 9.53 Å². The minimum Gasteiger partial charge on any atom is -0.497 e. The summed E-state index contributed by atoms with van der Waals surface area (Å²) in [5, 5.41) is 0.778. The normalized spacial score (nSPS) is 25.0. The van der Waals surface area contributed by atoms with E-state index in [1.165, 1.54) is 18.4 Å². The van der Waals surface area contributed by atoms with E-state index >= 15 is 0 Å². The Morgan fingerprint density at radius 1 is 1.07 bits per heavy atom. The molecular weight excluding hydrogens is 358 g/mol. The summed E-state index contributed by atoms with van der Waals surface area (Å²) in [6.45, 7) is 0.848. The second kappa shape index (κ2) is 7.93. The van der Waals surface area contributed by atoms with Gasteiger partial charge >= 0.3 is 0 Å². The van der Waals surface area contributed by atoms with E-state index < -0.39 is 0 Å². The molecule has 3 unspecified atom stereocenters. The van der Waals surface area contributed by atoms with Crippen LogP contribution >= 0.6 is 11.6 Å². The molecule has 2 aromatic rings. The van der Waals surface area contributed by atoms with Crippen LogP contribution in [0.2, 0.25) is 5.02 Å². The average Bonchev–Trinajstić information content (AvgIpc) is 3.51. The maximum Gasteiger partial charge on any atom is 0.226 e. The quantitative estimate of drug-likeness (QED) is 0.688. The number of hydrogen-bond donors (Lipinski definition) is 0. The summed E-state index contributed by atoms with van der Waals surface area (Å²) in [7, 11) is 1.68. The van der Waals surface area contributed by atoms with Gasteiger partial charge < -0.3 is 9.64 Å². The summed E-state index contributed by atoms with van der Waals surface area (Å²) in [5.41, 5.74) is 2.33. The van der Waals surface area contributed by atoms with Crippen molar-refractivity contribution in [1.82, 2.24) is 4.90 Å². The number of carbonyl (C=O) groups is 1. The number of benzene rings is 2. The van der Waals surface area contributed by atoms with Gasteiger partial charge in [-0.05, 0) is 54.5 Å². The van der Waals surface area contributed by atoms with E-state index in [4.69, 9.17) is 16.3 Å². The molecule has 1 saturated carbocycles. The summed E-state index contributed by atoms with van der Waals surface area (Å²) in [5.74, 6) is 1.49. The SMILES string of the molecule is COc1ccc(C2CCCCCN2C(=O)C2CC2c2ccccc2Cl)cc1.